The van der Waals surface area contributed by atoms with Crippen LogP contribution in [0.1, 0.15) is 0 Å². The van der Waals surface area contributed by atoms with Gasteiger partial charge in [-0.1, -0.05) is 60.8 Å². The van der Waals surface area contributed by atoms with Gasteiger partial charge < -0.3 is 0 Å². The second kappa shape index (κ2) is 4.05. The lowest BCUT2D eigenvalue weighted by molar-refractivity contribution is 1.77. The van der Waals surface area contributed by atoms with E-state index in [0.717, 1.165) is 10.4 Å². The Morgan fingerprint density at radius 3 is 1.25 bits per heavy atom. The molecule has 1 aromatic rings. The molecule has 0 aliphatic carbocycles. The Hall–Kier alpha value is -0.346. The molecule has 1 rings (SSSR count). The lowest BCUT2D eigenvalue weighted by Gasteiger charge is -2.07. The predicted molar refractivity (Wildman–Crippen MR) is 63.5 cm³/mol. The summed E-state index contributed by atoms with van der Waals surface area (Å²) in [4.78, 5) is 0. The first kappa shape index (κ1) is 7.10. The smallest absolute Gasteiger partial charge is 0.0647 e. The van der Waals surface area contributed by atoms with Crippen molar-refractivity contribution in [3.05, 3.63) is 24.3 Å². The van der Waals surface area contributed by atoms with Crippen LogP contribution in [0, 0.1) is 0 Å². The molecule has 0 atom stereocenters. The molecule has 0 saturated carbocycles. The molecule has 0 aliphatic rings. The van der Waals surface area contributed by atoms with Crippen LogP contribution in [0.3, 0.4) is 0 Å². The van der Waals surface area contributed by atoms with Crippen molar-refractivity contribution in [2.45, 2.75) is 26.2 Å². The van der Waals surface area contributed by atoms with Gasteiger partial charge in [0.15, 0.2) is 0 Å². The van der Waals surface area contributed by atoms with Gasteiger partial charge in [0, 0.05) is 2.47 Å². The van der Waals surface area contributed by atoms with Gasteiger partial charge in [0.1, 0.15) is 0 Å². The molecular formula is C10H18Si2. The number of hydrogen-bond donors (Lipinski definition) is 0. The first-order valence-electron chi connectivity index (χ1n) is 5.32. The Bertz CT molecular complexity index is 273. The molecule has 66 valence electrons. The lowest BCUT2D eigenvalue weighted by Crippen LogP contribution is -2.28. The molecule has 0 unspecified atom stereocenters. The van der Waals surface area contributed by atoms with E-state index >= 15 is 0 Å². The first-order valence-corrected chi connectivity index (χ1v) is 9.32. The van der Waals surface area contributed by atoms with Crippen molar-refractivity contribution in [2.24, 2.45) is 0 Å². The highest BCUT2D eigenvalue weighted by molar-refractivity contribution is 6.72. The van der Waals surface area contributed by atoms with E-state index < -0.39 is 17.5 Å². The van der Waals surface area contributed by atoms with Crippen molar-refractivity contribution in [2.75, 3.05) is 0 Å². The van der Waals surface area contributed by atoms with Crippen LogP contribution in [0.25, 0.3) is 0 Å². The molecular weight excluding hydrogens is 176 g/mol. The fourth-order valence-electron chi connectivity index (χ4n) is 1.14. The van der Waals surface area contributed by atoms with Gasteiger partial charge >= 0.3 is 0 Å². The summed E-state index contributed by atoms with van der Waals surface area (Å²) in [7, 11) is -3.82. The highest BCUT2D eigenvalue weighted by Crippen LogP contribution is 1.89. The summed E-state index contributed by atoms with van der Waals surface area (Å²) in [5.74, 6) is 0. The summed E-state index contributed by atoms with van der Waals surface area (Å²) in [6, 6.07) is 8.16. The molecule has 0 radical (unpaired) electrons. The molecule has 0 nitrogen and oxygen atoms in total. The molecule has 0 bridgehead atoms. The maximum Gasteiger partial charge on any atom is 0.0647 e. The second-order valence-electron chi connectivity index (χ2n) is 3.58. The van der Waals surface area contributed by atoms with Crippen LogP contribution in [-0.2, 0) is 0 Å². The highest BCUT2D eigenvalue weighted by atomic mass is 28.3. The molecule has 1 aromatic carbocycles. The van der Waals surface area contributed by atoms with Gasteiger partial charge in [0.25, 0.3) is 0 Å². The van der Waals surface area contributed by atoms with E-state index in [4.69, 9.17) is 2.47 Å². The van der Waals surface area contributed by atoms with Gasteiger partial charge in [-0.25, -0.2) is 0 Å². The summed E-state index contributed by atoms with van der Waals surface area (Å²) >= 11 is 0. The quantitative estimate of drug-likeness (QED) is 0.621. The minimum absolute atomic E-state index is 1.15. The van der Waals surface area contributed by atoms with Crippen molar-refractivity contribution in [1.29, 1.82) is 2.47 Å². The molecule has 0 saturated heterocycles. The minimum atomic E-state index is -1.91. The van der Waals surface area contributed by atoms with Gasteiger partial charge in [-0.2, -0.15) is 0 Å². The summed E-state index contributed by atoms with van der Waals surface area (Å²) in [6.07, 6.45) is 0. The Morgan fingerprint density at radius 1 is 0.833 bits per heavy atom. The molecule has 0 aromatic heterocycles. The summed E-state index contributed by atoms with van der Waals surface area (Å²) in [5, 5.41) is 2.30. The largest absolute Gasteiger partial charge is 0.0682 e. The number of hydrogen-bond acceptors (Lipinski definition) is 0. The second-order valence-corrected chi connectivity index (χ2v) is 8.73. The monoisotopic (exact) mass is 196 g/mol. The number of benzene rings is 1. The molecule has 0 aliphatic heterocycles. The molecule has 0 amide bonds. The zero-order valence-corrected chi connectivity index (χ0v) is 10.3. The van der Waals surface area contributed by atoms with Crippen LogP contribution < -0.4 is 10.4 Å². The third kappa shape index (κ3) is 2.32. The molecule has 12 heavy (non-hydrogen) atoms. The van der Waals surface area contributed by atoms with Crippen LogP contribution in [0.2, 0.25) is 26.2 Å². The average Bonchev–Trinajstić information content (AvgIpc) is 2.01. The Kier molecular flexibility index (Phi) is 2.40. The highest BCUT2D eigenvalue weighted by Gasteiger charge is 2.02. The van der Waals surface area contributed by atoms with Crippen LogP contribution in [0.15, 0.2) is 24.3 Å². The zero-order valence-electron chi connectivity index (χ0n) is 10.3. The van der Waals surface area contributed by atoms with Crippen LogP contribution in [0.5, 0.6) is 0 Å². The fourth-order valence-corrected chi connectivity index (χ4v) is 2.80. The third-order valence-corrected chi connectivity index (χ3v) is 5.02. The van der Waals surface area contributed by atoms with Crippen LogP contribution in [0.4, 0.5) is 0 Å². The predicted octanol–water partition coefficient (Wildman–Crippen LogP) is 1.07. The van der Waals surface area contributed by atoms with E-state index in [2.05, 4.69) is 0 Å². The van der Waals surface area contributed by atoms with Crippen LogP contribution >= 0.6 is 0 Å². The third-order valence-electron chi connectivity index (χ3n) is 2.04. The minimum Gasteiger partial charge on any atom is -0.0682 e. The van der Waals surface area contributed by atoms with Gasteiger partial charge in [0.2, 0.25) is 0 Å². The van der Waals surface area contributed by atoms with Gasteiger partial charge in [-0.15, -0.1) is 0 Å². The molecule has 0 spiro atoms. The first-order chi connectivity index (χ1) is 6.21. The van der Waals surface area contributed by atoms with E-state index in [0.29, 0.717) is 0 Å². The van der Waals surface area contributed by atoms with E-state index in [1.54, 1.807) is 0 Å². The Balaban J connectivity index is 3.02. The maximum absolute atomic E-state index is 8.00. The topological polar surface area (TPSA) is 0 Å². The van der Waals surface area contributed by atoms with Gasteiger partial charge in [-0.05, 0) is 0 Å². The Morgan fingerprint density at radius 2 is 1.08 bits per heavy atom. The van der Waals surface area contributed by atoms with Crippen molar-refractivity contribution in [3.63, 3.8) is 0 Å². The normalized spacial score (nSPS) is 15.3. The summed E-state index contributed by atoms with van der Waals surface area (Å²) < 4.78 is 16.0. The lowest BCUT2D eigenvalue weighted by atomic mass is 10.4. The summed E-state index contributed by atoms with van der Waals surface area (Å²) in [5.41, 5.74) is 0. The van der Waals surface area contributed by atoms with E-state index in [1.165, 1.54) is 0 Å². The fraction of sp³-hybridized carbons (Fsp3) is 0.400. The SMILES string of the molecule is [2H][Si](C)(C)c1ccc([Si]([2H])(C)C)cc1. The molecule has 2 heteroatoms. The van der Waals surface area contributed by atoms with Crippen molar-refractivity contribution in [3.8, 4) is 0 Å². The van der Waals surface area contributed by atoms with E-state index in [1.807, 2.05) is 50.5 Å². The van der Waals surface area contributed by atoms with Crippen molar-refractivity contribution in [1.82, 2.24) is 0 Å². The standard InChI is InChI=1S/C10H18Si2/c1-11(2)9-5-7-10(8-6-9)12(3)4/h5-8,11-12H,1-4H3/i11D,12D. The number of rotatable bonds is 2. The molecule has 0 fully saturated rings. The Labute approximate surface area is 81.3 Å². The zero-order chi connectivity index (χ0) is 11.0. The van der Waals surface area contributed by atoms with E-state index in [9.17, 15) is 0 Å². The molecule has 0 heterocycles. The van der Waals surface area contributed by atoms with E-state index in [-0.39, 0.29) is 0 Å². The molecule has 0 N–H and O–H groups in total. The average molecular weight is 196 g/mol. The van der Waals surface area contributed by atoms with Crippen molar-refractivity contribution >= 4 is 27.8 Å². The van der Waals surface area contributed by atoms with Crippen LogP contribution in [-0.4, -0.2) is 19.9 Å². The van der Waals surface area contributed by atoms with Crippen molar-refractivity contribution < 1.29 is 0 Å². The summed E-state index contributed by atoms with van der Waals surface area (Å²) in [6.45, 7) is 8.08. The van der Waals surface area contributed by atoms with Gasteiger partial charge in [-0.3, -0.25) is 0 Å². The maximum atomic E-state index is 8.00. The van der Waals surface area contributed by atoms with Gasteiger partial charge in [0.05, 0.1) is 17.5 Å².